The highest BCUT2D eigenvalue weighted by Crippen LogP contribution is 2.09. The van der Waals surface area contributed by atoms with E-state index < -0.39 is 6.04 Å². The van der Waals surface area contributed by atoms with Crippen LogP contribution in [0.3, 0.4) is 0 Å². The van der Waals surface area contributed by atoms with Crippen LogP contribution in [0.4, 0.5) is 5.82 Å². The molecule has 1 aromatic heterocycles. The third-order valence-electron chi connectivity index (χ3n) is 3.86. The summed E-state index contributed by atoms with van der Waals surface area (Å²) in [5.74, 6) is 0.130. The number of carbonyl (C=O) groups excluding carboxylic acids is 2. The third-order valence-corrected chi connectivity index (χ3v) is 3.86. The van der Waals surface area contributed by atoms with Crippen molar-refractivity contribution in [2.75, 3.05) is 32.1 Å². The number of aromatic nitrogens is 1. The first-order valence-corrected chi connectivity index (χ1v) is 8.68. The molecule has 1 aliphatic rings. The number of anilines is 1. The fourth-order valence-corrected chi connectivity index (χ4v) is 2.33. The number of nitrogens with two attached hydrogens (primary N) is 1. The number of nitrogens with zero attached hydrogens (tertiary/aromatic N) is 3. The highest BCUT2D eigenvalue weighted by molar-refractivity contribution is 5.98. The number of pyridine rings is 1. The van der Waals surface area contributed by atoms with Gasteiger partial charge in [-0.3, -0.25) is 9.59 Å². The predicted molar refractivity (Wildman–Crippen MR) is 98.9 cm³/mol. The van der Waals surface area contributed by atoms with Crippen LogP contribution in [0.25, 0.3) is 0 Å². The molecule has 1 aromatic rings. The van der Waals surface area contributed by atoms with E-state index in [4.69, 9.17) is 15.4 Å². The molecule has 0 radical (unpaired) electrons. The van der Waals surface area contributed by atoms with Gasteiger partial charge in [0.15, 0.2) is 5.78 Å². The highest BCUT2D eigenvalue weighted by Gasteiger charge is 2.22. The smallest absolute Gasteiger partial charge is 0.253 e. The van der Waals surface area contributed by atoms with Crippen molar-refractivity contribution >= 4 is 17.5 Å². The van der Waals surface area contributed by atoms with Crippen molar-refractivity contribution in [2.45, 2.75) is 25.3 Å². The summed E-state index contributed by atoms with van der Waals surface area (Å²) < 4.78 is 0. The summed E-state index contributed by atoms with van der Waals surface area (Å²) in [6.07, 6.45) is 6.30. The lowest BCUT2D eigenvalue weighted by atomic mass is 10.0. The molecule has 27 heavy (non-hydrogen) atoms. The van der Waals surface area contributed by atoms with Gasteiger partial charge in [-0.1, -0.05) is 0 Å². The van der Waals surface area contributed by atoms with Crippen molar-refractivity contribution in [3.63, 3.8) is 0 Å². The maximum absolute atomic E-state index is 12.5. The van der Waals surface area contributed by atoms with Crippen LogP contribution in [0.15, 0.2) is 30.8 Å². The number of unbranched alkanes of at least 4 members (excludes halogenated alkanes) is 1. The maximum atomic E-state index is 12.5. The summed E-state index contributed by atoms with van der Waals surface area (Å²) in [5, 5.41) is 3.93. The second-order valence-electron chi connectivity index (χ2n) is 6.17. The Balaban J connectivity index is 1.95. The molecule has 148 valence electrons. The first kappa shape index (κ1) is 20.6. The first-order chi connectivity index (χ1) is 13.0. The van der Waals surface area contributed by atoms with Crippen molar-refractivity contribution in [3.05, 3.63) is 36.4 Å². The van der Waals surface area contributed by atoms with Crippen molar-refractivity contribution in [1.29, 1.82) is 0 Å². The minimum atomic E-state index is -0.676. The monoisotopic (exact) mass is 378 g/mol. The number of hydrogen-bond acceptors (Lipinski definition) is 9. The van der Waals surface area contributed by atoms with E-state index in [0.29, 0.717) is 18.5 Å². The van der Waals surface area contributed by atoms with Gasteiger partial charge < -0.3 is 20.8 Å². The van der Waals surface area contributed by atoms with Crippen molar-refractivity contribution < 1.29 is 19.3 Å². The molecule has 1 aliphatic heterocycles. The van der Waals surface area contributed by atoms with Gasteiger partial charge in [0, 0.05) is 20.3 Å². The minimum absolute atomic E-state index is 0.216. The number of hydrogen-bond donors (Lipinski definition) is 3. The number of carbonyl (C=O) groups is 2. The molecular formula is C17H26N6O4. The van der Waals surface area contributed by atoms with Gasteiger partial charge in [-0.15, -0.1) is 0 Å². The Morgan fingerprint density at radius 3 is 2.81 bits per heavy atom. The van der Waals surface area contributed by atoms with E-state index in [1.165, 1.54) is 23.8 Å². The van der Waals surface area contributed by atoms with Gasteiger partial charge in [0.25, 0.3) is 5.91 Å². The fraction of sp³-hybridized carbons (Fsp3) is 0.471. The lowest BCUT2D eigenvalue weighted by molar-refractivity contribution is -0.205. The van der Waals surface area contributed by atoms with Crippen LogP contribution >= 0.6 is 0 Å². The highest BCUT2D eigenvalue weighted by atomic mass is 16.8. The second kappa shape index (κ2) is 10.5. The zero-order chi connectivity index (χ0) is 19.6. The summed E-state index contributed by atoms with van der Waals surface area (Å²) >= 11 is 0. The zero-order valence-corrected chi connectivity index (χ0v) is 15.6. The van der Waals surface area contributed by atoms with E-state index in [1.54, 1.807) is 12.1 Å². The molecule has 2 heterocycles. The molecule has 0 fully saturated rings. The Labute approximate surface area is 158 Å². The largest absolute Gasteiger partial charge is 0.393 e. The first-order valence-electron chi connectivity index (χ1n) is 8.68. The standard InChI is InChI=1S/C17H26N6O4/c1-22(2)16-7-6-13(11-19-16)17(25)20-14(5-3-4-8-18)15(24)12-27-23-9-10-26-21-23/h6-7,9-11,14,21H,3-5,8,12,18H2,1-2H3,(H,20,25)/t14-/m0/s1. The van der Waals surface area contributed by atoms with Gasteiger partial charge in [0.05, 0.1) is 17.8 Å². The van der Waals surface area contributed by atoms with Gasteiger partial charge in [-0.2, -0.15) is 5.17 Å². The van der Waals surface area contributed by atoms with Crippen LogP contribution in [0.1, 0.15) is 29.6 Å². The van der Waals surface area contributed by atoms with Crippen LogP contribution in [0.5, 0.6) is 0 Å². The predicted octanol–water partition coefficient (Wildman–Crippen LogP) is 0.0987. The van der Waals surface area contributed by atoms with E-state index in [2.05, 4.69) is 15.9 Å². The van der Waals surface area contributed by atoms with E-state index in [9.17, 15) is 9.59 Å². The number of rotatable bonds is 11. The fourth-order valence-electron chi connectivity index (χ4n) is 2.33. The van der Waals surface area contributed by atoms with Crippen molar-refractivity contribution in [1.82, 2.24) is 21.1 Å². The molecule has 0 unspecified atom stereocenters. The van der Waals surface area contributed by atoms with E-state index in [0.717, 1.165) is 18.7 Å². The SMILES string of the molecule is CN(C)c1ccc(C(=O)N[C@@H](CCCCN)C(=O)CON2C=CON2)cn1. The second-order valence-corrected chi connectivity index (χ2v) is 6.17. The number of ketones is 1. The van der Waals surface area contributed by atoms with Crippen molar-refractivity contribution in [2.24, 2.45) is 5.73 Å². The summed E-state index contributed by atoms with van der Waals surface area (Å²) in [6.45, 7) is 0.313. The Morgan fingerprint density at radius 1 is 1.41 bits per heavy atom. The van der Waals surface area contributed by atoms with E-state index in [-0.39, 0.29) is 18.3 Å². The molecule has 0 bridgehead atoms. The van der Waals surface area contributed by atoms with Crippen LogP contribution in [0, 0.1) is 0 Å². The number of hydrazine groups is 1. The molecule has 0 saturated heterocycles. The Hall–Kier alpha value is -2.69. The summed E-state index contributed by atoms with van der Waals surface area (Å²) in [6, 6.07) is 2.74. The average Bonchev–Trinajstić information content (AvgIpc) is 3.19. The Kier molecular flexibility index (Phi) is 7.99. The third kappa shape index (κ3) is 6.51. The zero-order valence-electron chi connectivity index (χ0n) is 15.6. The van der Waals surface area contributed by atoms with Crippen LogP contribution < -0.4 is 21.5 Å². The Bertz CT molecular complexity index is 649. The molecule has 0 spiro atoms. The number of hydroxylamine groups is 1. The molecule has 1 amide bonds. The molecule has 0 aliphatic carbocycles. The molecule has 0 aromatic carbocycles. The lowest BCUT2D eigenvalue weighted by Crippen LogP contribution is -2.44. The quantitative estimate of drug-likeness (QED) is 0.460. The van der Waals surface area contributed by atoms with Crippen LogP contribution in [-0.2, 0) is 14.5 Å². The van der Waals surface area contributed by atoms with Gasteiger partial charge in [-0.05, 0) is 43.5 Å². The van der Waals surface area contributed by atoms with Crippen molar-refractivity contribution in [3.8, 4) is 0 Å². The van der Waals surface area contributed by atoms with Gasteiger partial charge >= 0.3 is 0 Å². The molecule has 2 rings (SSSR count). The van der Waals surface area contributed by atoms with Gasteiger partial charge in [0.2, 0.25) is 0 Å². The number of amides is 1. The number of nitrogens with one attached hydrogen (secondary N) is 2. The average molecular weight is 378 g/mol. The summed E-state index contributed by atoms with van der Waals surface area (Å²) in [5.41, 5.74) is 8.32. The molecule has 10 nitrogen and oxygen atoms in total. The van der Waals surface area contributed by atoms with Gasteiger partial charge in [0.1, 0.15) is 18.7 Å². The molecule has 0 saturated carbocycles. The topological polar surface area (TPSA) is 122 Å². The summed E-state index contributed by atoms with van der Waals surface area (Å²) in [7, 11) is 3.73. The molecule has 10 heteroatoms. The Morgan fingerprint density at radius 2 is 2.22 bits per heavy atom. The summed E-state index contributed by atoms with van der Waals surface area (Å²) in [4.78, 5) is 41.0. The molecule has 1 atom stereocenters. The molecule has 4 N–H and O–H groups in total. The lowest BCUT2D eigenvalue weighted by Gasteiger charge is -2.19. The number of Topliss-reactive ketones (excluding diaryl/α,β-unsaturated/α-hetero) is 1. The van der Waals surface area contributed by atoms with E-state index in [1.807, 2.05) is 19.0 Å². The van der Waals surface area contributed by atoms with Crippen LogP contribution in [-0.4, -0.2) is 55.1 Å². The van der Waals surface area contributed by atoms with Gasteiger partial charge in [-0.25, -0.2) is 9.82 Å². The maximum Gasteiger partial charge on any atom is 0.253 e. The molecular weight excluding hydrogens is 352 g/mol. The van der Waals surface area contributed by atoms with E-state index >= 15 is 0 Å². The minimum Gasteiger partial charge on any atom is -0.393 e. The normalized spacial score (nSPS) is 14.0. The van der Waals surface area contributed by atoms with Crippen LogP contribution in [0.2, 0.25) is 0 Å².